The Kier molecular flexibility index (Phi) is 12.8. The van der Waals surface area contributed by atoms with E-state index in [9.17, 15) is 0 Å². The number of unbranched alkanes of at least 4 members (excludes halogenated alkanes) is 1. The molecule has 0 spiro atoms. The minimum Gasteiger partial charge on any atom is -0.382 e. The SMILES string of the molecule is CCCCNc1nc2c(N)nc3ccccc3c2n1CCOP(OCCC#N)OC[C@@H](COCN)OCN. The summed E-state index contributed by atoms with van der Waals surface area (Å²) in [4.78, 5) is 9.29. The third kappa shape index (κ3) is 8.42. The minimum absolute atomic E-state index is 0.00346. The topological polar surface area (TPSA) is 191 Å². The number of nitriles is 1. The molecule has 2 heterocycles. The van der Waals surface area contributed by atoms with Gasteiger partial charge < -0.3 is 50.1 Å². The minimum atomic E-state index is -1.77. The predicted octanol–water partition coefficient (Wildman–Crippen LogP) is 2.80. The van der Waals surface area contributed by atoms with E-state index in [0.717, 1.165) is 35.8 Å². The number of aromatic nitrogens is 3. The van der Waals surface area contributed by atoms with E-state index in [2.05, 4.69) is 17.2 Å². The van der Waals surface area contributed by atoms with Crippen LogP contribution in [0.4, 0.5) is 11.8 Å². The second-order valence-corrected chi connectivity index (χ2v) is 9.39. The van der Waals surface area contributed by atoms with E-state index < -0.39 is 14.7 Å². The summed E-state index contributed by atoms with van der Waals surface area (Å²) < 4.78 is 30.2. The van der Waals surface area contributed by atoms with Crippen LogP contribution in [0.15, 0.2) is 24.3 Å². The number of hydrogen-bond acceptors (Lipinski definition) is 12. The monoisotopic (exact) mass is 548 g/mol. The summed E-state index contributed by atoms with van der Waals surface area (Å²) in [6.45, 7) is 4.17. The molecule has 0 aliphatic carbocycles. The summed E-state index contributed by atoms with van der Waals surface area (Å²) >= 11 is 0. The second-order valence-electron chi connectivity index (χ2n) is 8.17. The van der Waals surface area contributed by atoms with Crippen LogP contribution >= 0.6 is 8.60 Å². The highest BCUT2D eigenvalue weighted by molar-refractivity contribution is 7.41. The maximum atomic E-state index is 8.89. The molecular weight excluding hydrogens is 511 g/mol. The molecule has 208 valence electrons. The van der Waals surface area contributed by atoms with E-state index in [-0.39, 0.29) is 46.3 Å². The van der Waals surface area contributed by atoms with Gasteiger partial charge in [0.1, 0.15) is 11.6 Å². The number of nitrogens with two attached hydrogens (primary N) is 3. The van der Waals surface area contributed by atoms with Gasteiger partial charge in [0.05, 0.1) is 70.0 Å². The van der Waals surface area contributed by atoms with E-state index >= 15 is 0 Å². The Labute approximate surface area is 223 Å². The quantitative estimate of drug-likeness (QED) is 0.0974. The Morgan fingerprint density at radius 3 is 2.68 bits per heavy atom. The maximum Gasteiger partial charge on any atom is 0.332 e. The predicted molar refractivity (Wildman–Crippen MR) is 147 cm³/mol. The number of imidazole rings is 1. The Morgan fingerprint density at radius 1 is 1.11 bits per heavy atom. The number of hydrogen-bond donors (Lipinski definition) is 4. The lowest BCUT2D eigenvalue weighted by atomic mass is 10.2. The summed E-state index contributed by atoms with van der Waals surface area (Å²) in [5.41, 5.74) is 19.5. The van der Waals surface area contributed by atoms with E-state index in [0.29, 0.717) is 23.8 Å². The zero-order valence-electron chi connectivity index (χ0n) is 21.7. The molecule has 0 fully saturated rings. The number of anilines is 2. The zero-order valence-corrected chi connectivity index (χ0v) is 22.6. The zero-order chi connectivity index (χ0) is 27.2. The van der Waals surface area contributed by atoms with Gasteiger partial charge in [-0.15, -0.1) is 0 Å². The average molecular weight is 549 g/mol. The standard InChI is InChI=1S/C24H37N8O5P/c1-2-3-10-29-24-31-21-22(19-7-4-5-8-20(19)30-23(21)28)32(24)11-13-36-38(35-12-6-9-25)37-15-18(34-17-27)14-33-16-26/h4-5,7-8,18H,2-3,6,10-17,26-27H2,1H3,(H2,28,30)(H,29,31)/t18-,38?/m1/s1. The van der Waals surface area contributed by atoms with Gasteiger partial charge in [-0.25, -0.2) is 9.97 Å². The third-order valence-electron chi connectivity index (χ3n) is 5.47. The van der Waals surface area contributed by atoms with Crippen LogP contribution in [0.25, 0.3) is 21.9 Å². The van der Waals surface area contributed by atoms with Crippen molar-refractivity contribution in [1.82, 2.24) is 14.5 Å². The Bertz CT molecular complexity index is 1170. The summed E-state index contributed by atoms with van der Waals surface area (Å²) in [6.07, 6.45) is 1.82. The van der Waals surface area contributed by atoms with Crippen LogP contribution in [0.2, 0.25) is 0 Å². The van der Waals surface area contributed by atoms with Crippen molar-refractivity contribution in [2.24, 2.45) is 11.5 Å². The maximum absolute atomic E-state index is 8.89. The molecule has 14 heteroatoms. The van der Waals surface area contributed by atoms with Crippen LogP contribution in [-0.4, -0.2) is 67.1 Å². The van der Waals surface area contributed by atoms with Crippen molar-refractivity contribution in [3.05, 3.63) is 24.3 Å². The molecule has 38 heavy (non-hydrogen) atoms. The van der Waals surface area contributed by atoms with Crippen molar-refractivity contribution in [3.63, 3.8) is 0 Å². The molecule has 3 rings (SSSR count). The molecule has 0 saturated heterocycles. The Balaban J connectivity index is 1.78. The Hall–Kier alpha value is -2.66. The number of nitrogen functional groups attached to an aromatic ring is 1. The van der Waals surface area contributed by atoms with Gasteiger partial charge in [-0.3, -0.25) is 0 Å². The highest BCUT2D eigenvalue weighted by Crippen LogP contribution is 2.40. The van der Waals surface area contributed by atoms with Crippen LogP contribution in [0, 0.1) is 11.3 Å². The fraction of sp³-hybridized carbons (Fsp3) is 0.542. The van der Waals surface area contributed by atoms with Crippen molar-refractivity contribution in [2.75, 3.05) is 57.5 Å². The number of fused-ring (bicyclic) bond motifs is 3. The molecule has 2 aromatic heterocycles. The number of para-hydroxylation sites is 1. The van der Waals surface area contributed by atoms with Gasteiger partial charge in [0.15, 0.2) is 5.82 Å². The first-order valence-electron chi connectivity index (χ1n) is 12.6. The molecule has 0 saturated carbocycles. The first-order chi connectivity index (χ1) is 18.6. The van der Waals surface area contributed by atoms with Crippen LogP contribution in [0.5, 0.6) is 0 Å². The molecule has 0 amide bonds. The molecule has 0 aliphatic rings. The number of pyridine rings is 1. The molecule has 0 aliphatic heterocycles. The van der Waals surface area contributed by atoms with Crippen molar-refractivity contribution >= 4 is 42.3 Å². The third-order valence-corrected chi connectivity index (χ3v) is 6.61. The van der Waals surface area contributed by atoms with Crippen LogP contribution < -0.4 is 22.5 Å². The lowest BCUT2D eigenvalue weighted by molar-refractivity contribution is -0.0378. The molecule has 3 aromatic rings. The number of benzene rings is 1. The highest BCUT2D eigenvalue weighted by Gasteiger charge is 2.20. The first-order valence-corrected chi connectivity index (χ1v) is 13.7. The van der Waals surface area contributed by atoms with Gasteiger partial charge in [-0.1, -0.05) is 31.5 Å². The number of nitrogens with one attached hydrogen (secondary N) is 1. The van der Waals surface area contributed by atoms with Crippen molar-refractivity contribution < 1.29 is 23.0 Å². The van der Waals surface area contributed by atoms with Crippen molar-refractivity contribution in [2.45, 2.75) is 38.8 Å². The van der Waals surface area contributed by atoms with Crippen molar-refractivity contribution in [1.29, 1.82) is 5.26 Å². The smallest absolute Gasteiger partial charge is 0.332 e. The highest BCUT2D eigenvalue weighted by atomic mass is 31.2. The van der Waals surface area contributed by atoms with Gasteiger partial charge in [-0.05, 0) is 12.5 Å². The lowest BCUT2D eigenvalue weighted by Crippen LogP contribution is -2.29. The molecule has 2 atom stereocenters. The summed E-state index contributed by atoms with van der Waals surface area (Å²) in [6, 6.07) is 9.86. The fourth-order valence-corrected chi connectivity index (χ4v) is 4.68. The Morgan fingerprint density at radius 2 is 1.92 bits per heavy atom. The summed E-state index contributed by atoms with van der Waals surface area (Å²) in [5, 5.41) is 13.3. The van der Waals surface area contributed by atoms with E-state index in [1.165, 1.54) is 0 Å². The molecule has 1 unspecified atom stereocenters. The fourth-order valence-electron chi connectivity index (χ4n) is 3.70. The number of rotatable bonds is 19. The summed E-state index contributed by atoms with van der Waals surface area (Å²) in [5.74, 6) is 1.06. The van der Waals surface area contributed by atoms with E-state index in [4.69, 9.17) is 50.5 Å². The molecule has 13 nitrogen and oxygen atoms in total. The normalized spacial score (nSPS) is 13.1. The van der Waals surface area contributed by atoms with Gasteiger partial charge in [0.25, 0.3) is 0 Å². The first kappa shape index (κ1) is 29.9. The second kappa shape index (κ2) is 16.3. The molecule has 0 radical (unpaired) electrons. The van der Waals surface area contributed by atoms with Crippen LogP contribution in [-0.2, 0) is 29.6 Å². The van der Waals surface area contributed by atoms with Crippen LogP contribution in [0.1, 0.15) is 26.2 Å². The number of ether oxygens (including phenoxy) is 2. The largest absolute Gasteiger partial charge is 0.382 e. The molecule has 1 aromatic carbocycles. The van der Waals surface area contributed by atoms with E-state index in [1.807, 2.05) is 34.9 Å². The molecular formula is C24H37N8O5P. The number of nitrogens with zero attached hydrogens (tertiary/aromatic N) is 4. The lowest BCUT2D eigenvalue weighted by Gasteiger charge is -2.21. The average Bonchev–Trinajstić information content (AvgIpc) is 3.29. The van der Waals surface area contributed by atoms with Crippen LogP contribution in [0.3, 0.4) is 0 Å². The molecule has 7 N–H and O–H groups in total. The summed E-state index contributed by atoms with van der Waals surface area (Å²) in [7, 11) is -1.77. The van der Waals surface area contributed by atoms with Gasteiger partial charge >= 0.3 is 8.60 Å². The van der Waals surface area contributed by atoms with E-state index in [1.54, 1.807) is 0 Å². The van der Waals surface area contributed by atoms with Gasteiger partial charge in [0, 0.05) is 11.9 Å². The van der Waals surface area contributed by atoms with Gasteiger partial charge in [-0.2, -0.15) is 5.26 Å². The van der Waals surface area contributed by atoms with Crippen molar-refractivity contribution in [3.8, 4) is 6.07 Å². The molecule has 0 bridgehead atoms. The van der Waals surface area contributed by atoms with Gasteiger partial charge in [0.2, 0.25) is 5.95 Å².